The molecular weight excluding hydrogens is 314 g/mol. The highest BCUT2D eigenvalue weighted by Gasteiger charge is 2.18. The summed E-state index contributed by atoms with van der Waals surface area (Å²) in [6.07, 6.45) is 4.51. The molecule has 1 fully saturated rings. The van der Waals surface area contributed by atoms with E-state index in [-0.39, 0.29) is 12.8 Å². The molecule has 0 atom stereocenters. The highest BCUT2D eigenvalue weighted by atomic mass is 32.1. The lowest BCUT2D eigenvalue weighted by atomic mass is 10.1. The summed E-state index contributed by atoms with van der Waals surface area (Å²) in [5.41, 5.74) is 1.75. The van der Waals surface area contributed by atoms with E-state index < -0.39 is 0 Å². The molecule has 1 saturated carbocycles. The van der Waals surface area contributed by atoms with Crippen LogP contribution in [0.2, 0.25) is 0 Å². The molecule has 2 aromatic rings. The zero-order valence-electron chi connectivity index (χ0n) is 12.5. The molecule has 1 aliphatic heterocycles. The number of ether oxygens (including phenoxy) is 2. The predicted molar refractivity (Wildman–Crippen MR) is 88.1 cm³/mol. The lowest BCUT2D eigenvalue weighted by Crippen LogP contribution is -2.36. The third kappa shape index (κ3) is 3.10. The Morgan fingerprint density at radius 3 is 2.91 bits per heavy atom. The van der Waals surface area contributed by atoms with Crippen molar-refractivity contribution in [2.24, 2.45) is 0 Å². The number of thiazole rings is 1. The number of rotatable bonds is 3. The first kappa shape index (κ1) is 14.3. The first-order valence-corrected chi connectivity index (χ1v) is 8.59. The van der Waals surface area contributed by atoms with Crippen LogP contribution in [0.15, 0.2) is 23.6 Å². The van der Waals surface area contributed by atoms with E-state index in [0.717, 1.165) is 35.6 Å². The monoisotopic (exact) mass is 331 g/mol. The largest absolute Gasteiger partial charge is 0.454 e. The molecule has 120 valence electrons. The quantitative estimate of drug-likeness (QED) is 0.901. The van der Waals surface area contributed by atoms with Crippen LogP contribution in [0.3, 0.4) is 0 Å². The second-order valence-corrected chi connectivity index (χ2v) is 6.54. The summed E-state index contributed by atoms with van der Waals surface area (Å²) in [6, 6.07) is 5.83. The minimum absolute atomic E-state index is 0.177. The Kier molecular flexibility index (Phi) is 3.78. The number of amides is 2. The topological polar surface area (TPSA) is 72.5 Å². The molecule has 2 N–H and O–H groups in total. The van der Waals surface area contributed by atoms with E-state index in [1.54, 1.807) is 0 Å². The van der Waals surface area contributed by atoms with Gasteiger partial charge in [-0.15, -0.1) is 11.3 Å². The number of urea groups is 1. The van der Waals surface area contributed by atoms with Crippen LogP contribution in [0.25, 0.3) is 11.3 Å². The fraction of sp³-hybridized carbons (Fsp3) is 0.375. The Morgan fingerprint density at radius 1 is 1.22 bits per heavy atom. The first-order valence-electron chi connectivity index (χ1n) is 7.71. The lowest BCUT2D eigenvalue weighted by molar-refractivity contribution is 0.174. The summed E-state index contributed by atoms with van der Waals surface area (Å²) in [7, 11) is 0. The highest BCUT2D eigenvalue weighted by Crippen LogP contribution is 2.36. The number of fused-ring (bicyclic) bond motifs is 1. The van der Waals surface area contributed by atoms with E-state index in [1.807, 2.05) is 23.6 Å². The van der Waals surface area contributed by atoms with Crippen LogP contribution in [0.5, 0.6) is 11.5 Å². The van der Waals surface area contributed by atoms with Crippen molar-refractivity contribution < 1.29 is 14.3 Å². The molecule has 2 aliphatic rings. The number of aromatic nitrogens is 1. The van der Waals surface area contributed by atoms with Crippen molar-refractivity contribution in [3.05, 3.63) is 23.6 Å². The smallest absolute Gasteiger partial charge is 0.321 e. The van der Waals surface area contributed by atoms with Gasteiger partial charge in [0.15, 0.2) is 16.6 Å². The summed E-state index contributed by atoms with van der Waals surface area (Å²) in [6.45, 7) is 0.254. The number of nitrogens with zero attached hydrogens (tertiary/aromatic N) is 1. The standard InChI is InChI=1S/C16H17N3O3S/c20-15(17-11-3-1-2-4-11)19-16-18-12(8-23-16)10-5-6-13-14(7-10)22-9-21-13/h5-8,11H,1-4,9H2,(H2,17,18,19,20). The van der Waals surface area contributed by atoms with Crippen molar-refractivity contribution in [1.82, 2.24) is 10.3 Å². The zero-order valence-corrected chi connectivity index (χ0v) is 13.3. The van der Waals surface area contributed by atoms with Crippen LogP contribution in [0.4, 0.5) is 9.93 Å². The molecule has 7 heteroatoms. The molecule has 2 amide bonds. The third-order valence-corrected chi connectivity index (χ3v) is 4.84. The van der Waals surface area contributed by atoms with Crippen molar-refractivity contribution in [2.75, 3.05) is 12.1 Å². The third-order valence-electron chi connectivity index (χ3n) is 4.08. The van der Waals surface area contributed by atoms with E-state index in [0.29, 0.717) is 11.2 Å². The molecule has 23 heavy (non-hydrogen) atoms. The Balaban J connectivity index is 1.43. The summed E-state index contributed by atoms with van der Waals surface area (Å²) in [5.74, 6) is 1.47. The average Bonchev–Trinajstić information content (AvgIpc) is 3.27. The summed E-state index contributed by atoms with van der Waals surface area (Å²) in [4.78, 5) is 16.4. The van der Waals surface area contributed by atoms with Gasteiger partial charge >= 0.3 is 6.03 Å². The fourth-order valence-electron chi connectivity index (χ4n) is 2.91. The van der Waals surface area contributed by atoms with Gasteiger partial charge in [-0.2, -0.15) is 0 Å². The molecule has 6 nitrogen and oxygen atoms in total. The van der Waals surface area contributed by atoms with Crippen LogP contribution in [-0.2, 0) is 0 Å². The average molecular weight is 331 g/mol. The maximum Gasteiger partial charge on any atom is 0.321 e. The number of hydrogen-bond acceptors (Lipinski definition) is 5. The van der Waals surface area contributed by atoms with Gasteiger partial charge < -0.3 is 14.8 Å². The van der Waals surface area contributed by atoms with Crippen LogP contribution in [0.1, 0.15) is 25.7 Å². The molecular formula is C16H17N3O3S. The number of carbonyl (C=O) groups excluding carboxylic acids is 1. The predicted octanol–water partition coefficient (Wildman–Crippen LogP) is 3.60. The number of carbonyl (C=O) groups is 1. The summed E-state index contributed by atoms with van der Waals surface area (Å²) >= 11 is 1.41. The van der Waals surface area contributed by atoms with Gasteiger partial charge in [-0.25, -0.2) is 9.78 Å². The first-order chi connectivity index (χ1) is 11.3. The van der Waals surface area contributed by atoms with E-state index in [2.05, 4.69) is 15.6 Å². The molecule has 1 aromatic carbocycles. The molecule has 0 spiro atoms. The number of hydrogen-bond donors (Lipinski definition) is 2. The second kappa shape index (κ2) is 6.08. The Labute approximate surface area is 137 Å². The van der Waals surface area contributed by atoms with E-state index in [9.17, 15) is 4.79 Å². The molecule has 4 rings (SSSR count). The molecule has 0 unspecified atom stereocenters. The Morgan fingerprint density at radius 2 is 2.04 bits per heavy atom. The fourth-order valence-corrected chi connectivity index (χ4v) is 3.62. The van der Waals surface area contributed by atoms with Gasteiger partial charge in [0.25, 0.3) is 0 Å². The van der Waals surface area contributed by atoms with Crippen molar-refractivity contribution >= 4 is 22.5 Å². The van der Waals surface area contributed by atoms with Gasteiger partial charge in [0.1, 0.15) is 0 Å². The van der Waals surface area contributed by atoms with Gasteiger partial charge in [-0.1, -0.05) is 12.8 Å². The molecule has 0 bridgehead atoms. The Hall–Kier alpha value is -2.28. The van der Waals surface area contributed by atoms with Gasteiger partial charge in [0.2, 0.25) is 6.79 Å². The Bertz CT molecular complexity index is 725. The van der Waals surface area contributed by atoms with Crippen LogP contribution in [0, 0.1) is 0 Å². The minimum atomic E-state index is -0.177. The van der Waals surface area contributed by atoms with E-state index >= 15 is 0 Å². The molecule has 1 aromatic heterocycles. The van der Waals surface area contributed by atoms with E-state index in [1.165, 1.54) is 24.2 Å². The van der Waals surface area contributed by atoms with Crippen molar-refractivity contribution in [1.29, 1.82) is 0 Å². The van der Waals surface area contributed by atoms with Crippen molar-refractivity contribution in [2.45, 2.75) is 31.7 Å². The zero-order chi connectivity index (χ0) is 15.6. The van der Waals surface area contributed by atoms with Gasteiger partial charge in [-0.05, 0) is 31.0 Å². The summed E-state index contributed by atoms with van der Waals surface area (Å²) in [5, 5.41) is 8.31. The number of nitrogens with one attached hydrogen (secondary N) is 2. The molecule has 2 heterocycles. The SMILES string of the molecule is O=C(Nc1nc(-c2ccc3c(c2)OCO3)cs1)NC1CCCC1. The van der Waals surface area contributed by atoms with E-state index in [4.69, 9.17) is 9.47 Å². The van der Waals surface area contributed by atoms with Gasteiger partial charge in [0.05, 0.1) is 5.69 Å². The van der Waals surface area contributed by atoms with Crippen LogP contribution >= 0.6 is 11.3 Å². The lowest BCUT2D eigenvalue weighted by Gasteiger charge is -2.11. The van der Waals surface area contributed by atoms with Gasteiger partial charge in [0, 0.05) is 17.0 Å². The van der Waals surface area contributed by atoms with Crippen LogP contribution in [-0.4, -0.2) is 23.8 Å². The van der Waals surface area contributed by atoms with Crippen molar-refractivity contribution in [3.8, 4) is 22.8 Å². The van der Waals surface area contributed by atoms with Gasteiger partial charge in [-0.3, -0.25) is 5.32 Å². The van der Waals surface area contributed by atoms with Crippen LogP contribution < -0.4 is 20.1 Å². The molecule has 1 aliphatic carbocycles. The maximum atomic E-state index is 12.0. The minimum Gasteiger partial charge on any atom is -0.454 e. The highest BCUT2D eigenvalue weighted by molar-refractivity contribution is 7.14. The number of benzene rings is 1. The number of anilines is 1. The van der Waals surface area contributed by atoms with Crippen molar-refractivity contribution in [3.63, 3.8) is 0 Å². The maximum absolute atomic E-state index is 12.0. The normalized spacial score (nSPS) is 16.5. The molecule has 0 radical (unpaired) electrons. The second-order valence-electron chi connectivity index (χ2n) is 5.69. The summed E-state index contributed by atoms with van der Waals surface area (Å²) < 4.78 is 10.7. The molecule has 0 saturated heterocycles.